The molecule has 7 heteroatoms. The third-order valence-electron chi connectivity index (χ3n) is 7.15. The van der Waals surface area contributed by atoms with E-state index in [2.05, 4.69) is 32.2 Å². The van der Waals surface area contributed by atoms with E-state index in [1.807, 2.05) is 12.1 Å². The molecular formula is C23H23FN6. The van der Waals surface area contributed by atoms with Gasteiger partial charge in [0.25, 0.3) is 0 Å². The number of pyridine rings is 2. The lowest BCUT2D eigenvalue weighted by molar-refractivity contribution is 0.0929. The van der Waals surface area contributed by atoms with E-state index in [-0.39, 0.29) is 5.82 Å². The second kappa shape index (κ2) is 6.72. The van der Waals surface area contributed by atoms with Gasteiger partial charge in [-0.25, -0.2) is 24.3 Å². The fourth-order valence-electron chi connectivity index (χ4n) is 5.52. The maximum Gasteiger partial charge on any atom is 0.166 e. The number of nitrogens with one attached hydrogen (secondary N) is 2. The lowest BCUT2D eigenvalue weighted by Gasteiger charge is -2.47. The first-order valence-corrected chi connectivity index (χ1v) is 10.7. The molecule has 3 aliphatic rings. The van der Waals surface area contributed by atoms with Gasteiger partial charge < -0.3 is 10.3 Å². The number of halogens is 1. The van der Waals surface area contributed by atoms with E-state index in [1.54, 1.807) is 12.4 Å². The standard InChI is InChI=1S/C23H23FN6/c1-12-13-4-6-14(7-5-13)19(12)28-22-16-3-2-8-25-21(16)29-23(30-22)18-11-27-20-17(18)9-15(24)10-26-20/h2-3,8-14,19H,4-7H2,1H3,(H,26,27)(H,25,28,29,30). The van der Waals surface area contributed by atoms with Crippen molar-refractivity contribution in [3.8, 4) is 11.4 Å². The molecule has 2 atom stereocenters. The van der Waals surface area contributed by atoms with Crippen LogP contribution in [0.25, 0.3) is 33.5 Å². The third kappa shape index (κ3) is 2.75. The first-order chi connectivity index (χ1) is 14.7. The van der Waals surface area contributed by atoms with Crippen LogP contribution in [-0.4, -0.2) is 31.0 Å². The summed E-state index contributed by atoms with van der Waals surface area (Å²) in [4.78, 5) is 21.3. The van der Waals surface area contributed by atoms with Gasteiger partial charge in [0.2, 0.25) is 0 Å². The Labute approximate surface area is 173 Å². The third-order valence-corrected chi connectivity index (χ3v) is 7.15. The molecule has 3 fully saturated rings. The van der Waals surface area contributed by atoms with Crippen molar-refractivity contribution >= 4 is 27.9 Å². The summed E-state index contributed by atoms with van der Waals surface area (Å²) >= 11 is 0. The summed E-state index contributed by atoms with van der Waals surface area (Å²) in [5.74, 6) is 3.05. The summed E-state index contributed by atoms with van der Waals surface area (Å²) in [7, 11) is 0. The van der Waals surface area contributed by atoms with Crippen LogP contribution in [0.15, 0.2) is 36.8 Å². The van der Waals surface area contributed by atoms with Gasteiger partial charge in [-0.15, -0.1) is 0 Å². The van der Waals surface area contributed by atoms with Gasteiger partial charge in [0.1, 0.15) is 17.3 Å². The minimum atomic E-state index is -0.382. The van der Waals surface area contributed by atoms with Gasteiger partial charge in [0, 0.05) is 29.4 Å². The number of H-pyrrole nitrogens is 1. The number of fused-ring (bicyclic) bond motifs is 5. The van der Waals surface area contributed by atoms with Gasteiger partial charge in [0.05, 0.1) is 11.6 Å². The van der Waals surface area contributed by atoms with Crippen LogP contribution < -0.4 is 5.32 Å². The van der Waals surface area contributed by atoms with Gasteiger partial charge >= 0.3 is 0 Å². The Morgan fingerprint density at radius 1 is 1.07 bits per heavy atom. The Bertz CT molecular complexity index is 1240. The number of hydrogen-bond donors (Lipinski definition) is 2. The quantitative estimate of drug-likeness (QED) is 0.507. The highest BCUT2D eigenvalue weighted by molar-refractivity contribution is 5.94. The minimum absolute atomic E-state index is 0.382. The van der Waals surface area contributed by atoms with Crippen molar-refractivity contribution < 1.29 is 4.39 Å². The van der Waals surface area contributed by atoms with E-state index < -0.39 is 0 Å². The average Bonchev–Trinajstić information content (AvgIpc) is 3.19. The Morgan fingerprint density at radius 2 is 1.90 bits per heavy atom. The Kier molecular flexibility index (Phi) is 3.97. The van der Waals surface area contributed by atoms with Crippen molar-refractivity contribution in [1.82, 2.24) is 24.9 Å². The van der Waals surface area contributed by atoms with Crippen LogP contribution in [0.2, 0.25) is 0 Å². The molecule has 0 spiro atoms. The van der Waals surface area contributed by atoms with E-state index in [9.17, 15) is 4.39 Å². The lowest BCUT2D eigenvalue weighted by Crippen LogP contribution is -2.47. The number of hydrogen-bond acceptors (Lipinski definition) is 5. The maximum absolute atomic E-state index is 13.8. The number of nitrogens with zero attached hydrogens (tertiary/aromatic N) is 4. The molecule has 2 N–H and O–H groups in total. The van der Waals surface area contributed by atoms with Gasteiger partial charge in [0.15, 0.2) is 11.5 Å². The van der Waals surface area contributed by atoms with Crippen molar-refractivity contribution in [2.75, 3.05) is 5.32 Å². The smallest absolute Gasteiger partial charge is 0.166 e. The number of aromatic nitrogens is 5. The average molecular weight is 402 g/mol. The first kappa shape index (κ1) is 17.7. The molecule has 4 aromatic rings. The molecule has 4 aromatic heterocycles. The highest BCUT2D eigenvalue weighted by Crippen LogP contribution is 2.46. The van der Waals surface area contributed by atoms with Crippen LogP contribution in [0.1, 0.15) is 32.6 Å². The van der Waals surface area contributed by atoms with Crippen molar-refractivity contribution in [3.05, 3.63) is 42.6 Å². The second-order valence-corrected chi connectivity index (χ2v) is 8.73. The Morgan fingerprint density at radius 3 is 2.73 bits per heavy atom. The van der Waals surface area contributed by atoms with Crippen molar-refractivity contribution in [3.63, 3.8) is 0 Å². The topological polar surface area (TPSA) is 79.4 Å². The molecule has 0 aromatic carbocycles. The molecule has 30 heavy (non-hydrogen) atoms. The number of anilines is 1. The summed E-state index contributed by atoms with van der Waals surface area (Å²) < 4.78 is 13.8. The lowest BCUT2D eigenvalue weighted by atomic mass is 9.62. The molecule has 0 radical (unpaired) electrons. The van der Waals surface area contributed by atoms with Gasteiger partial charge in [-0.1, -0.05) is 6.92 Å². The summed E-state index contributed by atoms with van der Waals surface area (Å²) in [5.41, 5.74) is 1.98. The highest BCUT2D eigenvalue weighted by atomic mass is 19.1. The molecule has 2 bridgehead atoms. The van der Waals surface area contributed by atoms with Crippen LogP contribution in [0.4, 0.5) is 10.2 Å². The zero-order valence-electron chi connectivity index (χ0n) is 16.8. The van der Waals surface area contributed by atoms with Crippen LogP contribution >= 0.6 is 0 Å². The summed E-state index contributed by atoms with van der Waals surface area (Å²) in [5, 5.41) is 5.36. The first-order valence-electron chi connectivity index (χ1n) is 10.7. The molecule has 3 saturated carbocycles. The van der Waals surface area contributed by atoms with Crippen molar-refractivity contribution in [2.45, 2.75) is 38.6 Å². The molecule has 0 aliphatic heterocycles. The highest BCUT2D eigenvalue weighted by Gasteiger charge is 2.41. The van der Waals surface area contributed by atoms with Crippen molar-refractivity contribution in [2.24, 2.45) is 17.8 Å². The Balaban J connectivity index is 1.48. The predicted octanol–water partition coefficient (Wildman–Crippen LogP) is 4.94. The SMILES string of the molecule is CC1C2CCC(CC2)C1Nc1nc(-c2c[nH]c3ncc(F)cc23)nc2ncccc12. The van der Waals surface area contributed by atoms with Gasteiger partial charge in [-0.3, -0.25) is 0 Å². The van der Waals surface area contributed by atoms with Crippen LogP contribution in [0.3, 0.4) is 0 Å². The Hall–Kier alpha value is -3.09. The van der Waals surface area contributed by atoms with E-state index in [0.717, 1.165) is 22.7 Å². The van der Waals surface area contributed by atoms with Crippen LogP contribution in [0, 0.1) is 23.6 Å². The second-order valence-electron chi connectivity index (χ2n) is 8.73. The maximum atomic E-state index is 13.8. The fraction of sp³-hybridized carbons (Fsp3) is 0.391. The molecule has 4 heterocycles. The predicted molar refractivity (Wildman–Crippen MR) is 114 cm³/mol. The normalized spacial score (nSPS) is 25.8. The number of aromatic amines is 1. The van der Waals surface area contributed by atoms with E-state index >= 15 is 0 Å². The van der Waals surface area contributed by atoms with E-state index in [1.165, 1.54) is 37.9 Å². The van der Waals surface area contributed by atoms with Crippen LogP contribution in [-0.2, 0) is 0 Å². The zero-order valence-corrected chi connectivity index (χ0v) is 16.8. The van der Waals surface area contributed by atoms with Gasteiger partial charge in [-0.05, 0) is 61.6 Å². The minimum Gasteiger partial charge on any atom is -0.366 e. The molecular weight excluding hydrogens is 379 g/mol. The molecule has 0 saturated heterocycles. The fourth-order valence-corrected chi connectivity index (χ4v) is 5.52. The summed E-state index contributed by atoms with van der Waals surface area (Å²) in [6, 6.07) is 5.80. The molecule has 3 aliphatic carbocycles. The van der Waals surface area contributed by atoms with Crippen molar-refractivity contribution in [1.29, 1.82) is 0 Å². The van der Waals surface area contributed by atoms with Gasteiger partial charge in [-0.2, -0.15) is 0 Å². The number of rotatable bonds is 3. The summed E-state index contributed by atoms with van der Waals surface area (Å²) in [6.07, 6.45) is 9.99. The molecule has 7 rings (SSSR count). The molecule has 0 amide bonds. The molecule has 6 nitrogen and oxygen atoms in total. The van der Waals surface area contributed by atoms with E-state index in [4.69, 9.17) is 4.98 Å². The summed E-state index contributed by atoms with van der Waals surface area (Å²) in [6.45, 7) is 2.37. The zero-order chi connectivity index (χ0) is 20.2. The van der Waals surface area contributed by atoms with Crippen LogP contribution in [0.5, 0.6) is 0 Å². The monoisotopic (exact) mass is 402 g/mol. The molecule has 152 valence electrons. The molecule has 2 unspecified atom stereocenters. The largest absolute Gasteiger partial charge is 0.366 e. The van der Waals surface area contributed by atoms with E-state index in [0.29, 0.717) is 40.4 Å².